The molecule has 0 heterocycles. The Morgan fingerprint density at radius 1 is 0.439 bits per heavy atom. The fourth-order valence-corrected chi connectivity index (χ4v) is 7.74. The van der Waals surface area contributed by atoms with E-state index in [9.17, 15) is 28.9 Å². The van der Waals surface area contributed by atoms with E-state index in [4.69, 9.17) is 23.3 Å². The number of unbranched alkanes of at least 4 members (excludes halogenated alkanes) is 21. The molecule has 11 nitrogen and oxygen atoms in total. The van der Waals surface area contributed by atoms with Crippen LogP contribution in [0.1, 0.15) is 226 Å². The van der Waals surface area contributed by atoms with Crippen LogP contribution in [0.15, 0.2) is 60.8 Å². The van der Waals surface area contributed by atoms with Crippen molar-refractivity contribution in [2.45, 2.75) is 238 Å². The average molecular weight is 951 g/mol. The number of phosphoric acid groups is 1. The van der Waals surface area contributed by atoms with E-state index in [0.717, 1.165) is 77.0 Å². The Labute approximate surface area is 402 Å². The van der Waals surface area contributed by atoms with Crippen LogP contribution in [-0.2, 0) is 42.2 Å². The number of esters is 3. The maximum Gasteiger partial charge on any atom is 0.472 e. The zero-order valence-corrected chi connectivity index (χ0v) is 42.8. The van der Waals surface area contributed by atoms with E-state index < -0.39 is 57.8 Å². The molecule has 0 aromatic rings. The summed E-state index contributed by atoms with van der Waals surface area (Å²) in [6.45, 7) is 4.41. The standard InChI is InChI=1S/C54H95O11P/c1-4-7-10-13-16-19-21-23-24-25-26-28-30-33-36-39-42-45-54(58)65-51(47-61-52(56)43-40-37-34-31-18-15-12-9-6-3)49-63-66(59,60)62-48-50(46-55)64-53(57)44-41-38-35-32-29-27-22-20-17-14-11-8-5-2/h8,11,17,20,23-24,27,29,35,38,50-51,55H,4-7,9-10,12-16,18-19,21-22,25-26,28,30-34,36-37,39-49H2,1-3H3,(H,59,60)/b11-8-,20-17-,24-23-,29-27-,38-35-. The van der Waals surface area contributed by atoms with E-state index in [1.807, 2.05) is 12.2 Å². The number of carbonyl (C=O) groups is 3. The molecule has 0 aromatic carbocycles. The van der Waals surface area contributed by atoms with Crippen LogP contribution >= 0.6 is 7.82 Å². The summed E-state index contributed by atoms with van der Waals surface area (Å²) in [4.78, 5) is 48.2. The first kappa shape index (κ1) is 63.2. The second-order valence-electron chi connectivity index (χ2n) is 17.3. The van der Waals surface area contributed by atoms with Gasteiger partial charge in [-0.2, -0.15) is 0 Å². The molecule has 0 saturated heterocycles. The third-order valence-electron chi connectivity index (χ3n) is 10.9. The molecule has 0 aliphatic rings. The Balaban J connectivity index is 4.75. The normalized spacial score (nSPS) is 14.0. The lowest BCUT2D eigenvalue weighted by Crippen LogP contribution is -2.30. The second-order valence-corrected chi connectivity index (χ2v) is 18.8. The molecule has 0 aliphatic carbocycles. The molecule has 0 radical (unpaired) electrons. The Morgan fingerprint density at radius 2 is 0.818 bits per heavy atom. The third kappa shape index (κ3) is 46.3. The van der Waals surface area contributed by atoms with Crippen molar-refractivity contribution < 1.29 is 52.2 Å². The predicted molar refractivity (Wildman–Crippen MR) is 270 cm³/mol. The zero-order valence-electron chi connectivity index (χ0n) is 41.9. The highest BCUT2D eigenvalue weighted by Crippen LogP contribution is 2.43. The van der Waals surface area contributed by atoms with Gasteiger partial charge < -0.3 is 24.2 Å². The number of rotatable bonds is 48. The van der Waals surface area contributed by atoms with Crippen molar-refractivity contribution in [1.82, 2.24) is 0 Å². The van der Waals surface area contributed by atoms with Crippen molar-refractivity contribution in [2.75, 3.05) is 26.4 Å². The SMILES string of the molecule is CC/C=C\C/C=C\C/C=C\C/C=C\CCC(=O)OC(CO)COP(=O)(O)OCC(COC(=O)CCCCCCCCCCC)OC(=O)CCCCCCCCC/C=C\CCCCCCCC. The zero-order chi connectivity index (χ0) is 48.4. The molecule has 0 amide bonds. The van der Waals surface area contributed by atoms with Crippen LogP contribution in [0.2, 0.25) is 0 Å². The molecule has 0 bridgehead atoms. The highest BCUT2D eigenvalue weighted by molar-refractivity contribution is 7.47. The molecule has 66 heavy (non-hydrogen) atoms. The molecule has 0 fully saturated rings. The molecule has 3 unspecified atom stereocenters. The van der Waals surface area contributed by atoms with Gasteiger partial charge in [0.25, 0.3) is 0 Å². The van der Waals surface area contributed by atoms with E-state index in [2.05, 4.69) is 69.4 Å². The van der Waals surface area contributed by atoms with Gasteiger partial charge in [0, 0.05) is 19.3 Å². The first-order valence-corrected chi connectivity index (χ1v) is 27.7. The summed E-state index contributed by atoms with van der Waals surface area (Å²) in [5.41, 5.74) is 0. The number of carbonyl (C=O) groups excluding carboxylic acids is 3. The van der Waals surface area contributed by atoms with E-state index >= 15 is 0 Å². The Bertz CT molecular complexity index is 1340. The van der Waals surface area contributed by atoms with Crippen LogP contribution in [0.25, 0.3) is 0 Å². The summed E-state index contributed by atoms with van der Waals surface area (Å²) in [7, 11) is -4.75. The Morgan fingerprint density at radius 3 is 1.30 bits per heavy atom. The molecule has 12 heteroatoms. The van der Waals surface area contributed by atoms with Gasteiger partial charge in [0.15, 0.2) is 6.10 Å². The molecule has 2 N–H and O–H groups in total. The largest absolute Gasteiger partial charge is 0.472 e. The monoisotopic (exact) mass is 951 g/mol. The van der Waals surface area contributed by atoms with Gasteiger partial charge in [0.05, 0.1) is 19.8 Å². The van der Waals surface area contributed by atoms with Gasteiger partial charge in [-0.15, -0.1) is 0 Å². The number of phosphoric ester groups is 1. The number of ether oxygens (including phenoxy) is 3. The molecule has 0 rings (SSSR count). The van der Waals surface area contributed by atoms with Crippen molar-refractivity contribution in [3.63, 3.8) is 0 Å². The van der Waals surface area contributed by atoms with Crippen LogP contribution in [-0.4, -0.2) is 66.5 Å². The van der Waals surface area contributed by atoms with Crippen LogP contribution in [0.5, 0.6) is 0 Å². The van der Waals surface area contributed by atoms with Gasteiger partial charge in [0.1, 0.15) is 12.7 Å². The van der Waals surface area contributed by atoms with E-state index in [-0.39, 0.29) is 25.9 Å². The Hall–Kier alpha value is -2.82. The van der Waals surface area contributed by atoms with Crippen molar-refractivity contribution in [3.8, 4) is 0 Å². The lowest BCUT2D eigenvalue weighted by molar-refractivity contribution is -0.161. The van der Waals surface area contributed by atoms with Crippen molar-refractivity contribution in [1.29, 1.82) is 0 Å². The molecule has 3 atom stereocenters. The van der Waals surface area contributed by atoms with E-state index in [1.165, 1.54) is 89.9 Å². The summed E-state index contributed by atoms with van der Waals surface area (Å²) in [6, 6.07) is 0. The highest BCUT2D eigenvalue weighted by atomic mass is 31.2. The molecule has 0 saturated carbocycles. The van der Waals surface area contributed by atoms with E-state index in [0.29, 0.717) is 19.3 Å². The summed E-state index contributed by atoms with van der Waals surface area (Å²) in [6.07, 6.45) is 50.7. The van der Waals surface area contributed by atoms with Gasteiger partial charge in [-0.1, -0.05) is 197 Å². The predicted octanol–water partition coefficient (Wildman–Crippen LogP) is 14.8. The number of allylic oxidation sites excluding steroid dienone is 10. The smallest absolute Gasteiger partial charge is 0.462 e. The minimum absolute atomic E-state index is 0.0559. The third-order valence-corrected chi connectivity index (χ3v) is 11.9. The molecular formula is C54H95O11P. The maximum atomic E-state index is 12.8. The molecule has 0 aromatic heterocycles. The lowest BCUT2D eigenvalue weighted by atomic mass is 10.1. The van der Waals surface area contributed by atoms with Crippen LogP contribution in [0.3, 0.4) is 0 Å². The molecule has 382 valence electrons. The minimum Gasteiger partial charge on any atom is -0.462 e. The summed E-state index contributed by atoms with van der Waals surface area (Å²) in [5.74, 6) is -1.55. The second kappa shape index (κ2) is 48.6. The summed E-state index contributed by atoms with van der Waals surface area (Å²) in [5, 5.41) is 9.75. The Kier molecular flexibility index (Phi) is 46.6. The number of aliphatic hydroxyl groups is 1. The lowest BCUT2D eigenvalue weighted by Gasteiger charge is -2.21. The van der Waals surface area contributed by atoms with Crippen molar-refractivity contribution in [3.05, 3.63) is 60.8 Å². The van der Waals surface area contributed by atoms with Gasteiger partial charge >= 0.3 is 25.7 Å². The number of aliphatic hydroxyl groups excluding tert-OH is 1. The molecular weight excluding hydrogens is 856 g/mol. The van der Waals surface area contributed by atoms with Gasteiger partial charge in [-0.25, -0.2) is 4.57 Å². The quantitative estimate of drug-likeness (QED) is 0.0197. The first-order chi connectivity index (χ1) is 32.2. The fourth-order valence-electron chi connectivity index (χ4n) is 6.95. The molecule has 0 aliphatic heterocycles. The van der Waals surface area contributed by atoms with Gasteiger partial charge in [-0.05, 0) is 70.6 Å². The highest BCUT2D eigenvalue weighted by Gasteiger charge is 2.28. The van der Waals surface area contributed by atoms with Gasteiger partial charge in [0.2, 0.25) is 0 Å². The number of hydrogen-bond acceptors (Lipinski definition) is 10. The topological polar surface area (TPSA) is 155 Å². The van der Waals surface area contributed by atoms with Crippen LogP contribution < -0.4 is 0 Å². The first-order valence-electron chi connectivity index (χ1n) is 26.2. The van der Waals surface area contributed by atoms with Crippen molar-refractivity contribution >= 4 is 25.7 Å². The van der Waals surface area contributed by atoms with Crippen LogP contribution in [0.4, 0.5) is 0 Å². The summed E-state index contributed by atoms with van der Waals surface area (Å²) >= 11 is 0. The van der Waals surface area contributed by atoms with Gasteiger partial charge in [-0.3, -0.25) is 23.4 Å². The van der Waals surface area contributed by atoms with Crippen LogP contribution in [0, 0.1) is 0 Å². The maximum absolute atomic E-state index is 12.8. The van der Waals surface area contributed by atoms with E-state index in [1.54, 1.807) is 0 Å². The summed E-state index contributed by atoms with van der Waals surface area (Å²) < 4.78 is 39.2. The molecule has 0 spiro atoms. The average Bonchev–Trinajstić information content (AvgIpc) is 3.30. The minimum atomic E-state index is -4.75. The van der Waals surface area contributed by atoms with Crippen molar-refractivity contribution in [2.24, 2.45) is 0 Å². The fraction of sp³-hybridized carbons (Fsp3) is 0.759. The number of hydrogen-bond donors (Lipinski definition) is 2.